The average molecular weight is 756 g/mol. The quantitative estimate of drug-likeness (QED) is 0.179. The normalized spacial score (nSPS) is 22.6. The minimum Gasteiger partial charge on any atom is -0.492 e. The maximum absolute atomic E-state index is 14.1. The molecule has 1 unspecified atom stereocenters. The van der Waals surface area contributed by atoms with Gasteiger partial charge in [0.15, 0.2) is 9.84 Å². The number of nitrogens with two attached hydrogens (primary N) is 1. The minimum atomic E-state index is -3.87. The molecule has 0 bridgehead atoms. The van der Waals surface area contributed by atoms with Crippen LogP contribution in [0.3, 0.4) is 0 Å². The van der Waals surface area contributed by atoms with Gasteiger partial charge in [0.25, 0.3) is 0 Å². The van der Waals surface area contributed by atoms with Crippen molar-refractivity contribution in [1.29, 1.82) is 0 Å². The van der Waals surface area contributed by atoms with Gasteiger partial charge >= 0.3 is 0 Å². The maximum Gasteiger partial charge on any atom is 0.246 e. The molecule has 282 valence electrons. The van der Waals surface area contributed by atoms with E-state index in [1.54, 1.807) is 24.3 Å². The van der Waals surface area contributed by atoms with E-state index in [9.17, 15) is 27.0 Å². The second-order valence-corrected chi connectivity index (χ2v) is 19.1. The number of nitrogens with one attached hydrogen (secondary N) is 1. The Morgan fingerprint density at radius 2 is 1.65 bits per heavy atom. The summed E-state index contributed by atoms with van der Waals surface area (Å²) in [5, 5.41) is 23.6. The smallest absolute Gasteiger partial charge is 0.246 e. The Morgan fingerprint density at radius 3 is 2.31 bits per heavy atom. The van der Waals surface area contributed by atoms with Gasteiger partial charge in [0, 0.05) is 31.2 Å². The molecule has 5 N–H and O–H groups in total. The van der Waals surface area contributed by atoms with E-state index in [1.165, 1.54) is 16.4 Å². The molecule has 2 atom stereocenters. The Kier molecular flexibility index (Phi) is 10.2. The maximum atomic E-state index is 14.1. The summed E-state index contributed by atoms with van der Waals surface area (Å²) in [5.74, 6) is 0.656. The van der Waals surface area contributed by atoms with Gasteiger partial charge in [-0.1, -0.05) is 36.4 Å². The molecule has 4 fully saturated rings. The van der Waals surface area contributed by atoms with Crippen molar-refractivity contribution in [3.63, 3.8) is 0 Å². The Balaban J connectivity index is 0.921. The van der Waals surface area contributed by atoms with Crippen molar-refractivity contribution in [2.24, 2.45) is 5.73 Å². The highest BCUT2D eigenvalue weighted by atomic mass is 32.2. The zero-order valence-electron chi connectivity index (χ0n) is 29.5. The minimum absolute atomic E-state index is 0.0267. The molecule has 1 spiro atoms. The third-order valence-corrected chi connectivity index (χ3v) is 15.6. The zero-order chi connectivity index (χ0) is 36.8. The predicted molar refractivity (Wildman–Crippen MR) is 195 cm³/mol. The lowest BCUT2D eigenvalue weighted by molar-refractivity contribution is -0.0312. The molecule has 14 heteroatoms. The van der Waals surface area contributed by atoms with Crippen molar-refractivity contribution in [2.75, 3.05) is 46.1 Å². The fraction of sp³-hybridized carbons (Fsp3) is 0.526. The molecule has 7 rings (SSSR count). The zero-order valence-corrected chi connectivity index (χ0v) is 31.1. The first-order valence-corrected chi connectivity index (χ1v) is 21.1. The Morgan fingerprint density at radius 1 is 0.942 bits per heavy atom. The van der Waals surface area contributed by atoms with Gasteiger partial charge in [0.2, 0.25) is 10.0 Å². The SMILES string of the molecule is CCOc1ccc(-c2ccc(C3(N)CC3)cc2)cc1S(=O)(=O)N1CCC2(CC1)C[C@H](NCC(O)COc1cccc(S(=O)(=O)C3(CO)CC3)c1)CO2. The molecular formula is C38H49N3O9S2. The van der Waals surface area contributed by atoms with Crippen molar-refractivity contribution in [3.8, 4) is 22.6 Å². The Labute approximate surface area is 306 Å². The van der Waals surface area contributed by atoms with Crippen LogP contribution in [0.4, 0.5) is 0 Å². The van der Waals surface area contributed by atoms with Crippen LogP contribution < -0.4 is 20.5 Å². The molecule has 4 aliphatic rings. The van der Waals surface area contributed by atoms with Crippen LogP contribution in [0, 0.1) is 0 Å². The number of sulfonamides is 1. The van der Waals surface area contributed by atoms with Crippen molar-refractivity contribution in [2.45, 2.75) is 89.7 Å². The molecule has 2 aliphatic heterocycles. The molecule has 12 nitrogen and oxygen atoms in total. The summed E-state index contributed by atoms with van der Waals surface area (Å²) in [6.45, 7) is 3.01. The first-order valence-electron chi connectivity index (χ1n) is 18.1. The monoisotopic (exact) mass is 755 g/mol. The molecule has 3 aromatic rings. The molecule has 0 radical (unpaired) electrons. The number of aliphatic hydroxyl groups excluding tert-OH is 2. The molecular weight excluding hydrogens is 707 g/mol. The third kappa shape index (κ3) is 7.36. The van der Waals surface area contributed by atoms with Crippen molar-refractivity contribution >= 4 is 19.9 Å². The van der Waals surface area contributed by atoms with E-state index in [4.69, 9.17) is 19.9 Å². The molecule has 2 heterocycles. The number of sulfone groups is 1. The molecule has 0 amide bonds. The van der Waals surface area contributed by atoms with Gasteiger partial charge in [0.1, 0.15) is 29.1 Å². The van der Waals surface area contributed by atoms with E-state index in [-0.39, 0.29) is 34.5 Å². The van der Waals surface area contributed by atoms with Crippen LogP contribution in [0.2, 0.25) is 0 Å². The highest BCUT2D eigenvalue weighted by Crippen LogP contribution is 2.47. The van der Waals surface area contributed by atoms with Crippen LogP contribution in [0.25, 0.3) is 11.1 Å². The van der Waals surface area contributed by atoms with Gasteiger partial charge in [-0.05, 0) is 98.9 Å². The third-order valence-electron chi connectivity index (χ3n) is 11.2. The fourth-order valence-corrected chi connectivity index (χ4v) is 10.8. The number of piperidine rings is 1. The number of hydrogen-bond donors (Lipinski definition) is 4. The summed E-state index contributed by atoms with van der Waals surface area (Å²) >= 11 is 0. The van der Waals surface area contributed by atoms with E-state index in [0.29, 0.717) is 69.9 Å². The lowest BCUT2D eigenvalue weighted by Crippen LogP contribution is -2.47. The largest absolute Gasteiger partial charge is 0.492 e. The van der Waals surface area contributed by atoms with Crippen LogP contribution in [0.1, 0.15) is 57.4 Å². The van der Waals surface area contributed by atoms with E-state index < -0.39 is 42.9 Å². The van der Waals surface area contributed by atoms with Gasteiger partial charge in [-0.15, -0.1) is 0 Å². The van der Waals surface area contributed by atoms with Crippen LogP contribution in [-0.4, -0.2) is 99.9 Å². The second-order valence-electron chi connectivity index (χ2n) is 14.8. The van der Waals surface area contributed by atoms with Crippen LogP contribution in [-0.2, 0) is 30.1 Å². The van der Waals surface area contributed by atoms with E-state index >= 15 is 0 Å². The predicted octanol–water partition coefficient (Wildman–Crippen LogP) is 3.34. The number of hydrogen-bond acceptors (Lipinski definition) is 11. The standard InChI is InChI=1S/C38H49N3O9S2/c1-2-48-34-11-8-28(27-6-9-29(10-7-27)38(39)14-15-38)20-35(34)52(46,47)41-18-16-36(17-19-41)22-30(24-50-36)40-23-31(43)25-49-32-4-3-5-33(21-32)51(44,45)37(26-42)12-13-37/h3-11,20-21,30-31,40,42-43H,2,12-19,22-26,39H2,1H3/t30-,31?/m0/s1. The van der Waals surface area contributed by atoms with Gasteiger partial charge in [0.05, 0.1) is 35.1 Å². The van der Waals surface area contributed by atoms with E-state index in [0.717, 1.165) is 29.5 Å². The molecule has 52 heavy (non-hydrogen) atoms. The average Bonchev–Trinajstić information content (AvgIpc) is 4.08. The topological polar surface area (TPSA) is 178 Å². The first kappa shape index (κ1) is 37.2. The fourth-order valence-electron chi connectivity index (χ4n) is 7.37. The molecule has 2 aliphatic carbocycles. The summed E-state index contributed by atoms with van der Waals surface area (Å²) in [6, 6.07) is 19.5. The lowest BCUT2D eigenvalue weighted by atomic mass is 9.88. The van der Waals surface area contributed by atoms with Gasteiger partial charge < -0.3 is 35.5 Å². The Bertz CT molecular complexity index is 1970. The molecule has 0 aromatic heterocycles. The molecule has 2 saturated heterocycles. The number of aliphatic hydroxyl groups is 2. The van der Waals surface area contributed by atoms with Crippen LogP contribution in [0.5, 0.6) is 11.5 Å². The highest BCUT2D eigenvalue weighted by Gasteiger charge is 2.54. The van der Waals surface area contributed by atoms with E-state index in [2.05, 4.69) is 5.32 Å². The molecule has 2 saturated carbocycles. The van der Waals surface area contributed by atoms with Gasteiger partial charge in [-0.25, -0.2) is 16.8 Å². The van der Waals surface area contributed by atoms with Crippen LogP contribution >= 0.6 is 0 Å². The molecule has 3 aromatic carbocycles. The summed E-state index contributed by atoms with van der Waals surface area (Å²) in [6.07, 6.45) is 3.71. The summed E-state index contributed by atoms with van der Waals surface area (Å²) < 4.78 is 72.3. The lowest BCUT2D eigenvalue weighted by Gasteiger charge is -2.38. The van der Waals surface area contributed by atoms with Crippen molar-refractivity contribution < 1.29 is 41.3 Å². The van der Waals surface area contributed by atoms with Crippen molar-refractivity contribution in [1.82, 2.24) is 9.62 Å². The van der Waals surface area contributed by atoms with Crippen LogP contribution in [0.15, 0.2) is 76.5 Å². The first-order chi connectivity index (χ1) is 24.8. The van der Waals surface area contributed by atoms with Gasteiger partial charge in [-0.2, -0.15) is 4.31 Å². The summed E-state index contributed by atoms with van der Waals surface area (Å²) in [5.41, 5.74) is 8.45. The number of ether oxygens (including phenoxy) is 3. The Hall–Kier alpha value is -3.08. The van der Waals surface area contributed by atoms with Crippen molar-refractivity contribution in [3.05, 3.63) is 72.3 Å². The summed E-state index contributed by atoms with van der Waals surface area (Å²) in [4.78, 5) is 0.248. The van der Waals surface area contributed by atoms with E-state index in [1.807, 2.05) is 37.3 Å². The highest BCUT2D eigenvalue weighted by molar-refractivity contribution is 7.93. The van der Waals surface area contributed by atoms with Gasteiger partial charge in [-0.3, -0.25) is 0 Å². The number of rotatable bonds is 15. The number of benzene rings is 3. The number of nitrogens with zero attached hydrogens (tertiary/aromatic N) is 1. The second kappa shape index (κ2) is 14.3. The summed E-state index contributed by atoms with van der Waals surface area (Å²) in [7, 11) is -7.55.